The minimum atomic E-state index is -0.193. The van der Waals surface area contributed by atoms with Gasteiger partial charge in [-0.05, 0) is 43.0 Å². The molecule has 2 aliphatic heterocycles. The van der Waals surface area contributed by atoms with E-state index in [-0.39, 0.29) is 23.3 Å². The maximum atomic E-state index is 12.5. The monoisotopic (exact) mass is 319 g/mol. The van der Waals surface area contributed by atoms with Gasteiger partial charge < -0.3 is 16.0 Å². The quantitative estimate of drug-likeness (QED) is 0.783. The Morgan fingerprint density at radius 1 is 1.41 bits per heavy atom. The third kappa shape index (κ3) is 3.13. The average molecular weight is 319 g/mol. The molecule has 1 aromatic carbocycles. The number of hydrogen-bond acceptors (Lipinski definition) is 4. The number of benzene rings is 1. The van der Waals surface area contributed by atoms with Gasteiger partial charge in [0.15, 0.2) is 0 Å². The smallest absolute Gasteiger partial charge is 0.242 e. The van der Waals surface area contributed by atoms with E-state index in [1.54, 1.807) is 0 Å². The molecule has 0 radical (unpaired) electrons. The molecule has 0 bridgehead atoms. The predicted octanol–water partition coefficient (Wildman–Crippen LogP) is 2.45. The summed E-state index contributed by atoms with van der Waals surface area (Å²) in [6.07, 6.45) is 2.13. The van der Waals surface area contributed by atoms with Crippen molar-refractivity contribution in [2.45, 2.75) is 37.6 Å². The van der Waals surface area contributed by atoms with Gasteiger partial charge >= 0.3 is 0 Å². The van der Waals surface area contributed by atoms with Crippen molar-refractivity contribution < 1.29 is 9.59 Å². The fourth-order valence-corrected chi connectivity index (χ4v) is 3.82. The van der Waals surface area contributed by atoms with E-state index in [9.17, 15) is 9.59 Å². The van der Waals surface area contributed by atoms with E-state index in [1.165, 1.54) is 11.8 Å². The zero-order chi connectivity index (χ0) is 15.7. The molecule has 0 aliphatic carbocycles. The Morgan fingerprint density at radius 2 is 2.23 bits per heavy atom. The van der Waals surface area contributed by atoms with Crippen molar-refractivity contribution in [2.24, 2.45) is 5.41 Å². The average Bonchev–Trinajstić information content (AvgIpc) is 2.46. The molecule has 1 saturated heterocycles. The van der Waals surface area contributed by atoms with E-state index < -0.39 is 0 Å². The van der Waals surface area contributed by atoms with Crippen molar-refractivity contribution >= 4 is 35.0 Å². The van der Waals surface area contributed by atoms with Crippen LogP contribution in [0.3, 0.4) is 0 Å². The topological polar surface area (TPSA) is 70.2 Å². The summed E-state index contributed by atoms with van der Waals surface area (Å²) >= 11 is 1.52. The number of amides is 2. The van der Waals surface area contributed by atoms with Gasteiger partial charge in [-0.15, -0.1) is 11.8 Å². The van der Waals surface area contributed by atoms with Crippen LogP contribution in [0.1, 0.15) is 26.7 Å². The Morgan fingerprint density at radius 3 is 3.00 bits per heavy atom. The highest BCUT2D eigenvalue weighted by Gasteiger charge is 2.37. The summed E-state index contributed by atoms with van der Waals surface area (Å²) in [7, 11) is 0. The normalized spacial score (nSPS) is 23.4. The van der Waals surface area contributed by atoms with Crippen LogP contribution in [-0.2, 0) is 9.59 Å². The van der Waals surface area contributed by atoms with Crippen LogP contribution in [0, 0.1) is 5.41 Å². The zero-order valence-electron chi connectivity index (χ0n) is 12.9. The molecular weight excluding hydrogens is 298 g/mol. The Labute approximate surface area is 134 Å². The molecule has 5 nitrogen and oxygen atoms in total. The number of carbonyl (C=O) groups excluding carboxylic acids is 2. The van der Waals surface area contributed by atoms with Gasteiger partial charge in [-0.25, -0.2) is 0 Å². The minimum Gasteiger partial charge on any atom is -0.325 e. The SMILES string of the molecule is CC1(C)CCCNC1C(=O)Nc1ccc2c(c1)NC(=O)CS2. The second-order valence-electron chi connectivity index (χ2n) is 6.52. The summed E-state index contributed by atoms with van der Waals surface area (Å²) < 4.78 is 0. The second-order valence-corrected chi connectivity index (χ2v) is 7.53. The van der Waals surface area contributed by atoms with Crippen LogP contribution < -0.4 is 16.0 Å². The minimum absolute atomic E-state index is 0.00365. The van der Waals surface area contributed by atoms with Gasteiger partial charge in [0.25, 0.3) is 0 Å². The van der Waals surface area contributed by atoms with Crippen molar-refractivity contribution in [3.05, 3.63) is 18.2 Å². The van der Waals surface area contributed by atoms with Crippen molar-refractivity contribution in [3.8, 4) is 0 Å². The van der Waals surface area contributed by atoms with Gasteiger partial charge in [-0.3, -0.25) is 9.59 Å². The van der Waals surface area contributed by atoms with Crippen LogP contribution >= 0.6 is 11.8 Å². The van der Waals surface area contributed by atoms with Crippen molar-refractivity contribution in [2.75, 3.05) is 22.9 Å². The van der Waals surface area contributed by atoms with E-state index >= 15 is 0 Å². The fourth-order valence-electron chi connectivity index (χ4n) is 3.03. The summed E-state index contributed by atoms with van der Waals surface area (Å²) in [6, 6.07) is 5.46. The Bertz CT molecular complexity index is 615. The molecule has 1 aromatic rings. The standard InChI is InChI=1S/C16H21N3O2S/c1-16(2)6-3-7-17-14(16)15(21)18-10-4-5-12-11(8-10)19-13(20)9-22-12/h4-5,8,14,17H,3,6-7,9H2,1-2H3,(H,18,21)(H,19,20). The van der Waals surface area contributed by atoms with E-state index in [0.29, 0.717) is 5.75 Å². The fraction of sp³-hybridized carbons (Fsp3) is 0.500. The lowest BCUT2D eigenvalue weighted by Crippen LogP contribution is -2.53. The summed E-state index contributed by atoms with van der Waals surface area (Å²) in [5, 5.41) is 9.13. The van der Waals surface area contributed by atoms with Gasteiger partial charge in [-0.2, -0.15) is 0 Å². The molecule has 22 heavy (non-hydrogen) atoms. The number of nitrogens with one attached hydrogen (secondary N) is 3. The number of rotatable bonds is 2. The Balaban J connectivity index is 1.74. The van der Waals surface area contributed by atoms with Crippen LogP contribution in [0.2, 0.25) is 0 Å². The summed E-state index contributed by atoms with van der Waals surface area (Å²) in [5.74, 6) is 0.425. The highest BCUT2D eigenvalue weighted by Crippen LogP contribution is 2.34. The van der Waals surface area contributed by atoms with Crippen LogP contribution in [-0.4, -0.2) is 30.2 Å². The number of carbonyl (C=O) groups is 2. The molecule has 2 amide bonds. The molecule has 2 heterocycles. The lowest BCUT2D eigenvalue weighted by molar-refractivity contribution is -0.121. The molecule has 3 rings (SSSR count). The highest BCUT2D eigenvalue weighted by atomic mass is 32.2. The van der Waals surface area contributed by atoms with Crippen molar-refractivity contribution in [1.82, 2.24) is 5.32 Å². The van der Waals surface area contributed by atoms with Crippen LogP contribution in [0.4, 0.5) is 11.4 Å². The Kier molecular flexibility index (Phi) is 4.14. The number of fused-ring (bicyclic) bond motifs is 1. The van der Waals surface area contributed by atoms with E-state index in [2.05, 4.69) is 29.8 Å². The van der Waals surface area contributed by atoms with Gasteiger partial charge in [0.2, 0.25) is 11.8 Å². The summed E-state index contributed by atoms with van der Waals surface area (Å²) in [6.45, 7) is 5.11. The van der Waals surface area contributed by atoms with Crippen LogP contribution in [0.5, 0.6) is 0 Å². The lowest BCUT2D eigenvalue weighted by Gasteiger charge is -2.38. The molecule has 118 valence electrons. The zero-order valence-corrected chi connectivity index (χ0v) is 13.7. The van der Waals surface area contributed by atoms with Crippen LogP contribution in [0.25, 0.3) is 0 Å². The molecule has 0 spiro atoms. The first-order chi connectivity index (χ1) is 10.5. The maximum absolute atomic E-state index is 12.5. The second kappa shape index (κ2) is 5.93. The molecule has 0 aromatic heterocycles. The first kappa shape index (κ1) is 15.4. The first-order valence-corrected chi connectivity index (χ1v) is 8.55. The molecular formula is C16H21N3O2S. The summed E-state index contributed by atoms with van der Waals surface area (Å²) in [5.41, 5.74) is 1.44. The Hall–Kier alpha value is -1.53. The summed E-state index contributed by atoms with van der Waals surface area (Å²) in [4.78, 5) is 25.0. The molecule has 1 fully saturated rings. The number of anilines is 2. The first-order valence-electron chi connectivity index (χ1n) is 7.57. The largest absolute Gasteiger partial charge is 0.325 e. The lowest BCUT2D eigenvalue weighted by atomic mass is 9.77. The molecule has 0 saturated carbocycles. The molecule has 1 unspecified atom stereocenters. The van der Waals surface area contributed by atoms with Crippen LogP contribution in [0.15, 0.2) is 23.1 Å². The maximum Gasteiger partial charge on any atom is 0.242 e. The highest BCUT2D eigenvalue weighted by molar-refractivity contribution is 8.00. The number of hydrogen-bond donors (Lipinski definition) is 3. The van der Waals surface area contributed by atoms with Gasteiger partial charge in [-0.1, -0.05) is 13.8 Å². The van der Waals surface area contributed by atoms with E-state index in [0.717, 1.165) is 35.7 Å². The molecule has 3 N–H and O–H groups in total. The molecule has 6 heteroatoms. The number of piperidine rings is 1. The van der Waals surface area contributed by atoms with Gasteiger partial charge in [0, 0.05) is 10.6 Å². The predicted molar refractivity (Wildman–Crippen MR) is 89.2 cm³/mol. The van der Waals surface area contributed by atoms with Crippen molar-refractivity contribution in [3.63, 3.8) is 0 Å². The van der Waals surface area contributed by atoms with E-state index in [1.807, 2.05) is 18.2 Å². The van der Waals surface area contributed by atoms with E-state index in [4.69, 9.17) is 0 Å². The van der Waals surface area contributed by atoms with Gasteiger partial charge in [0.05, 0.1) is 17.5 Å². The third-order valence-electron chi connectivity index (χ3n) is 4.27. The van der Waals surface area contributed by atoms with Crippen molar-refractivity contribution in [1.29, 1.82) is 0 Å². The molecule has 1 atom stereocenters. The number of thioether (sulfide) groups is 1. The van der Waals surface area contributed by atoms with Gasteiger partial charge in [0.1, 0.15) is 0 Å². The molecule has 2 aliphatic rings. The third-order valence-corrected chi connectivity index (χ3v) is 5.34.